The summed E-state index contributed by atoms with van der Waals surface area (Å²) in [7, 11) is 1.57. The van der Waals surface area contributed by atoms with E-state index in [1.807, 2.05) is 0 Å². The van der Waals surface area contributed by atoms with Gasteiger partial charge in [0.25, 0.3) is 0 Å². The Bertz CT molecular complexity index is 477. The van der Waals surface area contributed by atoms with Crippen molar-refractivity contribution in [2.24, 2.45) is 0 Å². The minimum absolute atomic E-state index is 0.195. The predicted molar refractivity (Wildman–Crippen MR) is 83.0 cm³/mol. The van der Waals surface area contributed by atoms with Crippen molar-refractivity contribution in [2.75, 3.05) is 26.5 Å². The Balaban J connectivity index is 1.77. The van der Waals surface area contributed by atoms with Gasteiger partial charge in [0.1, 0.15) is 5.82 Å². The molecular formula is C15H21FN2O2S. The van der Waals surface area contributed by atoms with Crippen molar-refractivity contribution in [1.29, 1.82) is 0 Å². The molecule has 6 heteroatoms. The molecule has 1 atom stereocenters. The predicted octanol–water partition coefficient (Wildman–Crippen LogP) is 2.71. The normalized spacial score (nSPS) is 17.1. The van der Waals surface area contributed by atoms with Crippen LogP contribution in [0, 0.1) is 5.82 Å². The first-order chi connectivity index (χ1) is 10.1. The van der Waals surface area contributed by atoms with Crippen LogP contribution < -0.4 is 10.6 Å². The molecule has 1 aliphatic rings. The summed E-state index contributed by atoms with van der Waals surface area (Å²) in [5.41, 5.74) is 0.835. The van der Waals surface area contributed by atoms with Crippen LogP contribution in [0.1, 0.15) is 24.5 Å². The first-order valence-electron chi connectivity index (χ1n) is 6.94. The van der Waals surface area contributed by atoms with Gasteiger partial charge in [-0.1, -0.05) is 12.1 Å². The number of rotatable bonds is 7. The summed E-state index contributed by atoms with van der Waals surface area (Å²) < 4.78 is 18.5. The lowest BCUT2D eigenvalue weighted by Crippen LogP contribution is -2.41. The quantitative estimate of drug-likeness (QED) is 0.814. The SMILES string of the molecule is COC(CNC(=O)NCC1(SC)CC1)c1ccc(F)cc1. The largest absolute Gasteiger partial charge is 0.375 e. The van der Waals surface area contributed by atoms with E-state index in [0.717, 1.165) is 18.4 Å². The Morgan fingerprint density at radius 3 is 2.57 bits per heavy atom. The maximum Gasteiger partial charge on any atom is 0.314 e. The van der Waals surface area contributed by atoms with Crippen molar-refractivity contribution in [2.45, 2.75) is 23.7 Å². The Morgan fingerprint density at radius 2 is 2.05 bits per heavy atom. The molecule has 1 unspecified atom stereocenters. The van der Waals surface area contributed by atoms with Gasteiger partial charge in [-0.3, -0.25) is 0 Å². The van der Waals surface area contributed by atoms with Crippen molar-refractivity contribution in [3.8, 4) is 0 Å². The summed E-state index contributed by atoms with van der Waals surface area (Å²) in [6, 6.07) is 5.90. The third-order valence-electron chi connectivity index (χ3n) is 3.79. The number of nitrogens with one attached hydrogen (secondary N) is 2. The van der Waals surface area contributed by atoms with Crippen molar-refractivity contribution < 1.29 is 13.9 Å². The Morgan fingerprint density at radius 1 is 1.38 bits per heavy atom. The van der Waals surface area contributed by atoms with Crippen LogP contribution in [0.2, 0.25) is 0 Å². The molecule has 0 radical (unpaired) electrons. The standard InChI is InChI=1S/C15H21FN2O2S/c1-20-13(11-3-5-12(16)6-4-11)9-17-14(19)18-10-15(21-2)7-8-15/h3-6,13H,7-10H2,1-2H3,(H2,17,18,19). The van der Waals surface area contributed by atoms with Gasteiger partial charge in [-0.25, -0.2) is 9.18 Å². The highest BCUT2D eigenvalue weighted by Gasteiger charge is 2.41. The molecule has 0 aliphatic heterocycles. The van der Waals surface area contributed by atoms with Gasteiger partial charge in [-0.05, 0) is 36.8 Å². The van der Waals surface area contributed by atoms with Crippen molar-refractivity contribution in [3.63, 3.8) is 0 Å². The number of urea groups is 1. The van der Waals surface area contributed by atoms with Gasteiger partial charge in [-0.15, -0.1) is 0 Å². The van der Waals surface area contributed by atoms with Gasteiger partial charge in [-0.2, -0.15) is 11.8 Å². The first kappa shape index (κ1) is 16.1. The second-order valence-electron chi connectivity index (χ2n) is 5.23. The maximum atomic E-state index is 12.9. The van der Waals surface area contributed by atoms with Gasteiger partial charge < -0.3 is 15.4 Å². The molecule has 1 saturated carbocycles. The number of hydrogen-bond acceptors (Lipinski definition) is 3. The molecule has 1 fully saturated rings. The third kappa shape index (κ3) is 4.61. The summed E-state index contributed by atoms with van der Waals surface area (Å²) in [5.74, 6) is -0.286. The Hall–Kier alpha value is -1.27. The summed E-state index contributed by atoms with van der Waals surface area (Å²) in [5, 5.41) is 5.68. The van der Waals surface area contributed by atoms with Crippen LogP contribution in [0.5, 0.6) is 0 Å². The lowest BCUT2D eigenvalue weighted by atomic mass is 10.1. The molecule has 1 aromatic carbocycles. The van der Waals surface area contributed by atoms with Gasteiger partial charge >= 0.3 is 6.03 Å². The minimum Gasteiger partial charge on any atom is -0.375 e. The van der Waals surface area contributed by atoms with E-state index in [1.54, 1.807) is 31.0 Å². The highest BCUT2D eigenvalue weighted by Crippen LogP contribution is 2.46. The number of halogens is 1. The zero-order valence-corrected chi connectivity index (χ0v) is 13.1. The van der Waals surface area contributed by atoms with Crippen molar-refractivity contribution in [1.82, 2.24) is 10.6 Å². The van der Waals surface area contributed by atoms with Crippen molar-refractivity contribution in [3.05, 3.63) is 35.6 Å². The minimum atomic E-state index is -0.286. The second-order valence-corrected chi connectivity index (χ2v) is 6.50. The van der Waals surface area contributed by atoms with Crippen LogP contribution in [-0.2, 0) is 4.74 Å². The van der Waals surface area contributed by atoms with E-state index in [9.17, 15) is 9.18 Å². The summed E-state index contributed by atoms with van der Waals surface area (Å²) >= 11 is 1.80. The smallest absolute Gasteiger partial charge is 0.314 e. The zero-order chi connectivity index (χ0) is 15.3. The molecule has 2 rings (SSSR count). The molecule has 116 valence electrons. The van der Waals surface area contributed by atoms with E-state index in [1.165, 1.54) is 12.1 Å². The van der Waals surface area contributed by atoms with Crippen LogP contribution in [0.15, 0.2) is 24.3 Å². The molecule has 2 amide bonds. The zero-order valence-electron chi connectivity index (χ0n) is 12.3. The summed E-state index contributed by atoms with van der Waals surface area (Å²) in [6.45, 7) is 1.04. The number of amides is 2. The number of carbonyl (C=O) groups is 1. The number of carbonyl (C=O) groups excluding carboxylic acids is 1. The average molecular weight is 312 g/mol. The van der Waals surface area contributed by atoms with E-state index in [4.69, 9.17) is 4.74 Å². The van der Waals surface area contributed by atoms with E-state index in [0.29, 0.717) is 13.1 Å². The van der Waals surface area contributed by atoms with Crippen LogP contribution >= 0.6 is 11.8 Å². The molecule has 0 heterocycles. The highest BCUT2D eigenvalue weighted by molar-refractivity contribution is 8.00. The lowest BCUT2D eigenvalue weighted by Gasteiger charge is -2.18. The second kappa shape index (κ2) is 7.13. The number of ether oxygens (including phenoxy) is 1. The Kier molecular flexibility index (Phi) is 5.47. The first-order valence-corrected chi connectivity index (χ1v) is 8.16. The van der Waals surface area contributed by atoms with E-state index in [2.05, 4.69) is 16.9 Å². The molecule has 1 aliphatic carbocycles. The fourth-order valence-electron chi connectivity index (χ4n) is 2.10. The number of methoxy groups -OCH3 is 1. The molecule has 0 bridgehead atoms. The third-order valence-corrected chi connectivity index (χ3v) is 5.20. The Labute approximate surface area is 128 Å². The summed E-state index contributed by atoms with van der Waals surface area (Å²) in [4.78, 5) is 11.8. The average Bonchev–Trinajstić information content (AvgIpc) is 3.28. The van der Waals surface area contributed by atoms with Gasteiger partial charge in [0.15, 0.2) is 0 Å². The molecule has 2 N–H and O–H groups in total. The van der Waals surface area contributed by atoms with Crippen LogP contribution in [0.3, 0.4) is 0 Å². The number of thioether (sulfide) groups is 1. The molecule has 0 aromatic heterocycles. The molecule has 1 aromatic rings. The topological polar surface area (TPSA) is 50.4 Å². The number of benzene rings is 1. The van der Waals surface area contributed by atoms with E-state index < -0.39 is 0 Å². The molecular weight excluding hydrogens is 291 g/mol. The highest BCUT2D eigenvalue weighted by atomic mass is 32.2. The maximum absolute atomic E-state index is 12.9. The summed E-state index contributed by atoms with van der Waals surface area (Å²) in [6.07, 6.45) is 4.10. The van der Waals surface area contributed by atoms with Crippen LogP contribution in [-0.4, -0.2) is 37.2 Å². The fourth-order valence-corrected chi connectivity index (χ4v) is 2.82. The van der Waals surface area contributed by atoms with Crippen LogP contribution in [0.4, 0.5) is 9.18 Å². The monoisotopic (exact) mass is 312 g/mol. The lowest BCUT2D eigenvalue weighted by molar-refractivity contribution is 0.104. The fraction of sp³-hybridized carbons (Fsp3) is 0.533. The molecule has 21 heavy (non-hydrogen) atoms. The number of hydrogen-bond donors (Lipinski definition) is 2. The van der Waals surface area contributed by atoms with Gasteiger partial charge in [0, 0.05) is 24.9 Å². The van der Waals surface area contributed by atoms with E-state index in [-0.39, 0.29) is 22.7 Å². The van der Waals surface area contributed by atoms with E-state index >= 15 is 0 Å². The molecule has 0 spiro atoms. The van der Waals surface area contributed by atoms with Gasteiger partial charge in [0.2, 0.25) is 0 Å². The molecule has 0 saturated heterocycles. The molecule has 4 nitrogen and oxygen atoms in total. The van der Waals surface area contributed by atoms with Crippen LogP contribution in [0.25, 0.3) is 0 Å². The van der Waals surface area contributed by atoms with Crippen molar-refractivity contribution >= 4 is 17.8 Å². The van der Waals surface area contributed by atoms with Gasteiger partial charge in [0.05, 0.1) is 6.10 Å².